The van der Waals surface area contributed by atoms with Crippen molar-refractivity contribution in [2.24, 2.45) is 17.8 Å². The Kier molecular flexibility index (Phi) is 3.06. The van der Waals surface area contributed by atoms with Gasteiger partial charge in [-0.15, -0.1) is 0 Å². The van der Waals surface area contributed by atoms with Crippen LogP contribution in [0.4, 0.5) is 0 Å². The molecule has 0 spiro atoms. The number of likely N-dealkylation sites (tertiary alicyclic amines) is 1. The summed E-state index contributed by atoms with van der Waals surface area (Å²) in [5.74, 6) is 1.89. The maximum atomic E-state index is 12.3. The van der Waals surface area contributed by atoms with Crippen LogP contribution in [0.5, 0.6) is 5.75 Å². The van der Waals surface area contributed by atoms with Crippen molar-refractivity contribution in [1.82, 2.24) is 15.2 Å². The van der Waals surface area contributed by atoms with E-state index in [0.29, 0.717) is 12.5 Å². The summed E-state index contributed by atoms with van der Waals surface area (Å²) < 4.78 is 0. The molecule has 2 heterocycles. The molecular formula is C16H19N3O3. The van der Waals surface area contributed by atoms with Crippen LogP contribution in [0.1, 0.15) is 29.8 Å². The highest BCUT2D eigenvalue weighted by Crippen LogP contribution is 2.61. The maximum Gasteiger partial charge on any atom is 0.273 e. The van der Waals surface area contributed by atoms with Crippen molar-refractivity contribution in [3.63, 3.8) is 0 Å². The number of pyridine rings is 1. The lowest BCUT2D eigenvalue weighted by atomic mass is 10.1. The van der Waals surface area contributed by atoms with Crippen molar-refractivity contribution in [2.45, 2.75) is 25.3 Å². The van der Waals surface area contributed by atoms with Crippen LogP contribution in [-0.4, -0.2) is 45.9 Å². The molecule has 1 aliphatic heterocycles. The van der Waals surface area contributed by atoms with Crippen molar-refractivity contribution in [1.29, 1.82) is 0 Å². The van der Waals surface area contributed by atoms with Crippen LogP contribution < -0.4 is 5.32 Å². The molecule has 3 fully saturated rings. The summed E-state index contributed by atoms with van der Waals surface area (Å²) in [5, 5.41) is 12.2. The first-order valence-corrected chi connectivity index (χ1v) is 7.87. The van der Waals surface area contributed by atoms with Gasteiger partial charge in [-0.3, -0.25) is 9.59 Å². The van der Waals surface area contributed by atoms with Crippen molar-refractivity contribution in [3.8, 4) is 5.75 Å². The van der Waals surface area contributed by atoms with E-state index in [-0.39, 0.29) is 23.9 Å². The van der Waals surface area contributed by atoms with E-state index in [9.17, 15) is 14.7 Å². The summed E-state index contributed by atoms with van der Waals surface area (Å²) in [7, 11) is 0. The third-order valence-electron chi connectivity index (χ3n) is 5.31. The number of amides is 2. The summed E-state index contributed by atoms with van der Waals surface area (Å²) in [4.78, 5) is 30.0. The van der Waals surface area contributed by atoms with Crippen LogP contribution in [0.3, 0.4) is 0 Å². The zero-order chi connectivity index (χ0) is 15.3. The van der Waals surface area contributed by atoms with Gasteiger partial charge >= 0.3 is 0 Å². The molecule has 116 valence electrons. The number of carbonyl (C=O) groups is 2. The number of aromatic nitrogens is 1. The number of nitrogens with zero attached hydrogens (tertiary/aromatic N) is 2. The zero-order valence-electron chi connectivity index (χ0n) is 12.2. The minimum absolute atomic E-state index is 0.00370. The highest BCUT2D eigenvalue weighted by atomic mass is 16.3. The Morgan fingerprint density at radius 3 is 2.95 bits per heavy atom. The largest absolute Gasteiger partial charge is 0.505 e. The second-order valence-corrected chi connectivity index (χ2v) is 6.55. The number of carbonyl (C=O) groups excluding carboxylic acids is 2. The average molecular weight is 301 g/mol. The SMILES string of the molecule is O=C(NCCC(=O)N1C[C@@H]2C[C@H]1[C@H]1C[C@@H]21)c1ncccc1O. The maximum absolute atomic E-state index is 12.3. The third kappa shape index (κ3) is 2.14. The minimum atomic E-state index is -0.448. The summed E-state index contributed by atoms with van der Waals surface area (Å²) in [6.45, 7) is 1.18. The van der Waals surface area contributed by atoms with Gasteiger partial charge in [-0.05, 0) is 42.7 Å². The van der Waals surface area contributed by atoms with Crippen LogP contribution in [-0.2, 0) is 4.79 Å². The molecule has 6 nitrogen and oxygen atoms in total. The van der Waals surface area contributed by atoms with Crippen molar-refractivity contribution in [2.75, 3.05) is 13.1 Å². The summed E-state index contributed by atoms with van der Waals surface area (Å²) in [5.41, 5.74) is -0.00370. The van der Waals surface area contributed by atoms with Gasteiger partial charge in [0.2, 0.25) is 5.91 Å². The van der Waals surface area contributed by atoms with E-state index in [0.717, 1.165) is 24.3 Å². The predicted octanol–water partition coefficient (Wildman–Crippen LogP) is 0.774. The van der Waals surface area contributed by atoms with E-state index in [2.05, 4.69) is 10.3 Å². The second kappa shape index (κ2) is 4.97. The van der Waals surface area contributed by atoms with Crippen LogP contribution in [0.25, 0.3) is 0 Å². The average Bonchev–Trinajstić information content (AvgIpc) is 3.11. The Balaban J connectivity index is 1.28. The lowest BCUT2D eigenvalue weighted by molar-refractivity contribution is -0.132. The van der Waals surface area contributed by atoms with Gasteiger partial charge in [0.1, 0.15) is 5.75 Å². The highest BCUT2D eigenvalue weighted by molar-refractivity contribution is 5.94. The lowest BCUT2D eigenvalue weighted by Crippen LogP contribution is -2.40. The molecule has 0 aromatic carbocycles. The van der Waals surface area contributed by atoms with Gasteiger partial charge < -0.3 is 15.3 Å². The van der Waals surface area contributed by atoms with Gasteiger partial charge in [-0.1, -0.05) is 0 Å². The van der Waals surface area contributed by atoms with Gasteiger partial charge in [0.15, 0.2) is 5.69 Å². The molecule has 1 saturated heterocycles. The van der Waals surface area contributed by atoms with E-state index in [4.69, 9.17) is 0 Å². The molecule has 1 aromatic heterocycles. The molecule has 2 bridgehead atoms. The van der Waals surface area contributed by atoms with Gasteiger partial charge in [-0.25, -0.2) is 4.98 Å². The van der Waals surface area contributed by atoms with E-state index in [1.54, 1.807) is 6.07 Å². The van der Waals surface area contributed by atoms with E-state index in [1.807, 2.05) is 4.90 Å². The van der Waals surface area contributed by atoms with Crippen molar-refractivity contribution < 1.29 is 14.7 Å². The molecule has 0 radical (unpaired) electrons. The number of aromatic hydroxyl groups is 1. The van der Waals surface area contributed by atoms with Crippen LogP contribution in [0, 0.1) is 17.8 Å². The van der Waals surface area contributed by atoms with Gasteiger partial charge in [0, 0.05) is 31.7 Å². The topological polar surface area (TPSA) is 82.5 Å². The number of hydrogen-bond donors (Lipinski definition) is 2. The quantitative estimate of drug-likeness (QED) is 0.861. The molecule has 3 aliphatic rings. The molecule has 2 amide bonds. The molecule has 2 N–H and O–H groups in total. The highest BCUT2D eigenvalue weighted by Gasteiger charge is 2.61. The first kappa shape index (κ1) is 13.5. The van der Waals surface area contributed by atoms with E-state index >= 15 is 0 Å². The fraction of sp³-hybridized carbons (Fsp3) is 0.562. The van der Waals surface area contributed by atoms with Crippen LogP contribution in [0.15, 0.2) is 18.3 Å². The Morgan fingerprint density at radius 1 is 1.36 bits per heavy atom. The molecule has 4 atom stereocenters. The molecular weight excluding hydrogens is 282 g/mol. The molecule has 4 rings (SSSR count). The summed E-state index contributed by atoms with van der Waals surface area (Å²) in [6, 6.07) is 3.43. The van der Waals surface area contributed by atoms with Crippen molar-refractivity contribution >= 4 is 11.8 Å². The monoisotopic (exact) mass is 301 g/mol. The van der Waals surface area contributed by atoms with Gasteiger partial charge in [0.25, 0.3) is 5.91 Å². The van der Waals surface area contributed by atoms with Gasteiger partial charge in [0.05, 0.1) is 0 Å². The number of rotatable bonds is 4. The van der Waals surface area contributed by atoms with Crippen LogP contribution in [0.2, 0.25) is 0 Å². The molecule has 1 aromatic rings. The van der Waals surface area contributed by atoms with E-state index in [1.165, 1.54) is 25.1 Å². The van der Waals surface area contributed by atoms with Crippen LogP contribution >= 0.6 is 0 Å². The molecule has 6 heteroatoms. The zero-order valence-corrected chi connectivity index (χ0v) is 12.2. The number of nitrogens with one attached hydrogen (secondary N) is 1. The lowest BCUT2D eigenvalue weighted by Gasteiger charge is -2.27. The fourth-order valence-corrected chi connectivity index (χ4v) is 4.21. The third-order valence-corrected chi connectivity index (χ3v) is 5.31. The number of fused-ring (bicyclic) bond motifs is 5. The van der Waals surface area contributed by atoms with Gasteiger partial charge in [-0.2, -0.15) is 0 Å². The Hall–Kier alpha value is -2.11. The van der Waals surface area contributed by atoms with Crippen molar-refractivity contribution in [3.05, 3.63) is 24.0 Å². The second-order valence-electron chi connectivity index (χ2n) is 6.55. The molecule has 0 unspecified atom stereocenters. The number of piperidine rings is 1. The van der Waals surface area contributed by atoms with E-state index < -0.39 is 5.91 Å². The Labute approximate surface area is 128 Å². The minimum Gasteiger partial charge on any atom is -0.505 e. The standard InChI is InChI=1S/C16H19N3O3/c20-13-2-1-4-17-15(13)16(22)18-5-3-14(21)19-8-9-6-12(19)11-7-10(9)11/h1-2,4,9-12,20H,3,5-8H2,(H,18,22)/t9-,10-,11-,12-/m0/s1. The first-order chi connectivity index (χ1) is 10.6. The molecule has 2 aliphatic carbocycles. The molecule has 22 heavy (non-hydrogen) atoms. The summed E-state index contributed by atoms with van der Waals surface area (Å²) in [6.07, 6.45) is 4.23. The summed E-state index contributed by atoms with van der Waals surface area (Å²) >= 11 is 0. The smallest absolute Gasteiger partial charge is 0.273 e. The Morgan fingerprint density at radius 2 is 2.23 bits per heavy atom. The Bertz CT molecular complexity index is 633. The fourth-order valence-electron chi connectivity index (χ4n) is 4.21. The number of hydrogen-bond acceptors (Lipinski definition) is 4. The predicted molar refractivity (Wildman–Crippen MR) is 78.1 cm³/mol. The first-order valence-electron chi connectivity index (χ1n) is 7.87. The molecule has 2 saturated carbocycles. The normalized spacial score (nSPS) is 31.0.